The Morgan fingerprint density at radius 1 is 1.14 bits per heavy atom. The number of hydrogen-bond acceptors (Lipinski definition) is 7. The van der Waals surface area contributed by atoms with Crippen LogP contribution >= 0.6 is 11.3 Å². The van der Waals surface area contributed by atoms with Gasteiger partial charge in [-0.05, 0) is 68.1 Å². The van der Waals surface area contributed by atoms with Crippen molar-refractivity contribution in [3.63, 3.8) is 0 Å². The molecule has 192 valence electrons. The van der Waals surface area contributed by atoms with E-state index in [0.29, 0.717) is 17.2 Å². The van der Waals surface area contributed by atoms with Crippen LogP contribution in [0.4, 0.5) is 5.13 Å². The second kappa shape index (κ2) is 10.5. The molecule has 0 unspecified atom stereocenters. The molecule has 1 aliphatic carbocycles. The molecule has 3 aromatic rings. The number of hydrogen-bond donors (Lipinski definition) is 0. The fraction of sp³-hybridized carbons (Fsp3) is 0.462. The van der Waals surface area contributed by atoms with Crippen LogP contribution in [-0.2, 0) is 14.8 Å². The zero-order valence-electron chi connectivity index (χ0n) is 20.7. The first-order chi connectivity index (χ1) is 17.3. The molecule has 5 rings (SSSR count). The summed E-state index contributed by atoms with van der Waals surface area (Å²) in [6, 6.07) is 12.5. The number of morpholine rings is 1. The number of sulfonamides is 1. The number of ether oxygens (including phenoxy) is 1. The summed E-state index contributed by atoms with van der Waals surface area (Å²) < 4.78 is 33.7. The molecule has 1 saturated carbocycles. The van der Waals surface area contributed by atoms with Crippen molar-refractivity contribution in [2.75, 3.05) is 51.3 Å². The largest absolute Gasteiger partial charge is 0.379 e. The molecule has 0 radical (unpaired) electrons. The summed E-state index contributed by atoms with van der Waals surface area (Å²) in [7, 11) is -1.93. The van der Waals surface area contributed by atoms with E-state index in [4.69, 9.17) is 9.72 Å². The van der Waals surface area contributed by atoms with Gasteiger partial charge in [-0.1, -0.05) is 17.4 Å². The zero-order chi connectivity index (χ0) is 25.3. The SMILES string of the molecule is Cc1ccc2nc(N(CCCN3CCOCC3)C(=O)c3ccc(S(=O)(=O)N(C)C4CC4)cc3)sc2c1. The number of fused-ring (bicyclic) bond motifs is 1. The lowest BCUT2D eigenvalue weighted by Crippen LogP contribution is -2.39. The summed E-state index contributed by atoms with van der Waals surface area (Å²) in [4.78, 5) is 22.7. The van der Waals surface area contributed by atoms with Gasteiger partial charge in [0.15, 0.2) is 5.13 Å². The summed E-state index contributed by atoms with van der Waals surface area (Å²) in [6.07, 6.45) is 2.60. The normalized spacial score (nSPS) is 17.1. The van der Waals surface area contributed by atoms with Crippen molar-refractivity contribution < 1.29 is 17.9 Å². The van der Waals surface area contributed by atoms with Crippen LogP contribution in [0.25, 0.3) is 10.2 Å². The Morgan fingerprint density at radius 2 is 1.86 bits per heavy atom. The smallest absolute Gasteiger partial charge is 0.260 e. The third-order valence-corrected chi connectivity index (χ3v) is 9.77. The molecular weight excluding hydrogens is 496 g/mol. The van der Waals surface area contributed by atoms with Gasteiger partial charge in [0.1, 0.15) is 0 Å². The topological polar surface area (TPSA) is 83.0 Å². The highest BCUT2D eigenvalue weighted by molar-refractivity contribution is 7.89. The number of thiazole rings is 1. The van der Waals surface area contributed by atoms with E-state index in [2.05, 4.69) is 11.0 Å². The van der Waals surface area contributed by atoms with Crippen molar-refractivity contribution >= 4 is 42.6 Å². The van der Waals surface area contributed by atoms with Gasteiger partial charge < -0.3 is 4.74 Å². The van der Waals surface area contributed by atoms with E-state index in [-0.39, 0.29) is 16.8 Å². The van der Waals surface area contributed by atoms with Crippen molar-refractivity contribution in [1.82, 2.24) is 14.2 Å². The number of nitrogens with zero attached hydrogens (tertiary/aromatic N) is 4. The fourth-order valence-corrected chi connectivity index (χ4v) is 6.93. The average Bonchev–Trinajstić information content (AvgIpc) is 3.65. The molecule has 0 atom stereocenters. The van der Waals surface area contributed by atoms with Crippen LogP contribution in [0.2, 0.25) is 0 Å². The van der Waals surface area contributed by atoms with E-state index in [0.717, 1.165) is 67.9 Å². The van der Waals surface area contributed by atoms with Gasteiger partial charge >= 0.3 is 0 Å². The monoisotopic (exact) mass is 528 g/mol. The van der Waals surface area contributed by atoms with Crippen LogP contribution in [0.5, 0.6) is 0 Å². The second-order valence-corrected chi connectivity index (χ2v) is 12.5. The van der Waals surface area contributed by atoms with E-state index >= 15 is 0 Å². The highest BCUT2D eigenvalue weighted by atomic mass is 32.2. The van der Waals surface area contributed by atoms with Gasteiger partial charge in [-0.3, -0.25) is 14.6 Å². The summed E-state index contributed by atoms with van der Waals surface area (Å²) in [6.45, 7) is 6.73. The van der Waals surface area contributed by atoms with E-state index < -0.39 is 10.0 Å². The van der Waals surface area contributed by atoms with Crippen molar-refractivity contribution in [1.29, 1.82) is 0 Å². The lowest BCUT2D eigenvalue weighted by molar-refractivity contribution is 0.0376. The lowest BCUT2D eigenvalue weighted by atomic mass is 10.2. The first-order valence-corrected chi connectivity index (χ1v) is 14.7. The minimum atomic E-state index is -3.56. The maximum Gasteiger partial charge on any atom is 0.260 e. The Labute approximate surface area is 216 Å². The molecule has 0 bridgehead atoms. The summed E-state index contributed by atoms with van der Waals surface area (Å²) in [5.41, 5.74) is 2.47. The second-order valence-electron chi connectivity index (χ2n) is 9.51. The molecule has 1 saturated heterocycles. The summed E-state index contributed by atoms with van der Waals surface area (Å²) >= 11 is 1.51. The van der Waals surface area contributed by atoms with Crippen molar-refractivity contribution in [2.24, 2.45) is 0 Å². The standard InChI is InChI=1S/C26H32N4O4S2/c1-19-4-11-23-24(18-19)35-26(27-23)30(13-3-12-29-14-16-34-17-15-29)25(31)20-5-9-22(10-6-20)36(32,33)28(2)21-7-8-21/h4-6,9-11,18,21H,3,7-8,12-17H2,1-2H3. The van der Waals surface area contributed by atoms with Crippen LogP contribution in [-0.4, -0.2) is 81.0 Å². The molecule has 1 aliphatic heterocycles. The van der Waals surface area contributed by atoms with Crippen LogP contribution in [0, 0.1) is 6.92 Å². The minimum absolute atomic E-state index is 0.0842. The number of benzene rings is 2. The average molecular weight is 529 g/mol. The van der Waals surface area contributed by atoms with E-state index in [1.165, 1.54) is 27.8 Å². The number of carbonyl (C=O) groups excluding carboxylic acids is 1. The Bertz CT molecular complexity index is 1330. The Hall–Kier alpha value is -2.37. The van der Waals surface area contributed by atoms with Gasteiger partial charge in [0.05, 0.1) is 28.3 Å². The molecule has 2 aromatic carbocycles. The summed E-state index contributed by atoms with van der Waals surface area (Å²) in [5, 5.41) is 0.660. The van der Waals surface area contributed by atoms with Gasteiger partial charge in [0.2, 0.25) is 10.0 Å². The van der Waals surface area contributed by atoms with Gasteiger partial charge in [-0.2, -0.15) is 4.31 Å². The molecule has 0 spiro atoms. The summed E-state index contributed by atoms with van der Waals surface area (Å²) in [5.74, 6) is -0.174. The van der Waals surface area contributed by atoms with Crippen LogP contribution < -0.4 is 4.90 Å². The van der Waals surface area contributed by atoms with Gasteiger partial charge in [-0.25, -0.2) is 13.4 Å². The van der Waals surface area contributed by atoms with Gasteiger partial charge in [-0.15, -0.1) is 0 Å². The van der Waals surface area contributed by atoms with Gasteiger partial charge in [0.25, 0.3) is 5.91 Å². The Kier molecular flexibility index (Phi) is 7.41. The third kappa shape index (κ3) is 5.47. The minimum Gasteiger partial charge on any atom is -0.379 e. The van der Waals surface area contributed by atoms with Crippen molar-refractivity contribution in [3.8, 4) is 0 Å². The zero-order valence-corrected chi connectivity index (χ0v) is 22.4. The quantitative estimate of drug-likeness (QED) is 0.421. The molecule has 8 nitrogen and oxygen atoms in total. The molecular formula is C26H32N4O4S2. The molecule has 36 heavy (non-hydrogen) atoms. The first kappa shape index (κ1) is 25.3. The highest BCUT2D eigenvalue weighted by Crippen LogP contribution is 2.32. The number of aryl methyl sites for hydroxylation is 1. The number of anilines is 1. The maximum absolute atomic E-state index is 13.7. The predicted molar refractivity (Wildman–Crippen MR) is 142 cm³/mol. The third-order valence-electron chi connectivity index (χ3n) is 6.81. The molecule has 2 heterocycles. The number of rotatable bonds is 9. The number of carbonyl (C=O) groups is 1. The molecule has 2 fully saturated rings. The molecule has 1 amide bonds. The Balaban J connectivity index is 1.37. The lowest BCUT2D eigenvalue weighted by Gasteiger charge is -2.27. The molecule has 0 N–H and O–H groups in total. The molecule has 10 heteroatoms. The van der Waals surface area contributed by atoms with Crippen molar-refractivity contribution in [3.05, 3.63) is 53.6 Å². The van der Waals surface area contributed by atoms with E-state index in [1.807, 2.05) is 19.1 Å². The fourth-order valence-electron chi connectivity index (χ4n) is 4.42. The van der Waals surface area contributed by atoms with E-state index in [9.17, 15) is 13.2 Å². The predicted octanol–water partition coefficient (Wildman–Crippen LogP) is 3.76. The number of aromatic nitrogens is 1. The van der Waals surface area contributed by atoms with E-state index in [1.54, 1.807) is 24.1 Å². The Morgan fingerprint density at radius 3 is 2.56 bits per heavy atom. The van der Waals surface area contributed by atoms with Crippen LogP contribution in [0.15, 0.2) is 47.4 Å². The van der Waals surface area contributed by atoms with Crippen molar-refractivity contribution in [2.45, 2.75) is 37.1 Å². The highest BCUT2D eigenvalue weighted by Gasteiger charge is 2.35. The van der Waals surface area contributed by atoms with Crippen LogP contribution in [0.1, 0.15) is 35.2 Å². The van der Waals surface area contributed by atoms with Gasteiger partial charge in [0, 0.05) is 44.8 Å². The molecule has 2 aliphatic rings. The number of amides is 1. The molecule has 1 aromatic heterocycles. The maximum atomic E-state index is 13.7. The van der Waals surface area contributed by atoms with Crippen LogP contribution in [0.3, 0.4) is 0 Å². The first-order valence-electron chi connectivity index (χ1n) is 12.4.